The Morgan fingerprint density at radius 2 is 1.86 bits per heavy atom. The number of furan rings is 1. The summed E-state index contributed by atoms with van der Waals surface area (Å²) in [5.74, 6) is 2.20. The Bertz CT molecular complexity index is 1330. The minimum Gasteiger partial charge on any atom is -0.456 e. The molecule has 0 spiro atoms. The van der Waals surface area contributed by atoms with E-state index < -0.39 is 14.2 Å². The molecule has 0 unspecified atom stereocenters. The number of halogens is 1. The lowest BCUT2D eigenvalue weighted by Crippen LogP contribution is -2.48. The summed E-state index contributed by atoms with van der Waals surface area (Å²) < 4.78 is 23.2. The molecule has 1 N–H and O–H groups in total. The zero-order valence-electron chi connectivity index (χ0n) is 25.2. The van der Waals surface area contributed by atoms with Crippen LogP contribution in [-0.2, 0) is 19.0 Å². The van der Waals surface area contributed by atoms with Gasteiger partial charge in [-0.25, -0.2) is 4.79 Å². The number of thioether (sulfide) groups is 1. The molecule has 2 amide bonds. The smallest absolute Gasteiger partial charge is 0.407 e. The summed E-state index contributed by atoms with van der Waals surface area (Å²) in [5.41, 5.74) is 0. The number of unbranched alkanes of at least 4 members (excludes halogenated alkanes) is 3. The van der Waals surface area contributed by atoms with Gasteiger partial charge in [-0.05, 0) is 35.3 Å². The Kier molecular flexibility index (Phi) is 12.6. The fourth-order valence-corrected chi connectivity index (χ4v) is 11.0. The van der Waals surface area contributed by atoms with Crippen LogP contribution in [0.5, 0.6) is 0 Å². The highest BCUT2D eigenvalue weighted by atomic mass is 35.5. The number of hydrogen-bond acceptors (Lipinski definition) is 10. The Balaban J connectivity index is 1.17. The predicted octanol–water partition coefficient (Wildman–Crippen LogP) is 4.97. The number of thiophene rings is 1. The number of nitrogens with one attached hydrogen (secondary N) is 1. The summed E-state index contributed by atoms with van der Waals surface area (Å²) in [6.45, 7) is 8.01. The lowest BCUT2D eigenvalue weighted by Gasteiger charge is -2.19. The molecule has 2 aliphatic heterocycles. The quantitative estimate of drug-likeness (QED) is 0.0815. The van der Waals surface area contributed by atoms with E-state index in [1.54, 1.807) is 24.5 Å². The van der Waals surface area contributed by atoms with Gasteiger partial charge in [-0.3, -0.25) is 9.69 Å². The summed E-state index contributed by atoms with van der Waals surface area (Å²) in [6, 6.07) is 4.32. The van der Waals surface area contributed by atoms with Crippen LogP contribution in [-0.4, -0.2) is 95.4 Å². The van der Waals surface area contributed by atoms with Gasteiger partial charge in [0, 0.05) is 39.2 Å². The highest BCUT2D eigenvalue weighted by Crippen LogP contribution is 2.40. The number of nitrogens with zero attached hydrogens (tertiary/aromatic N) is 2. The van der Waals surface area contributed by atoms with E-state index in [9.17, 15) is 9.59 Å². The van der Waals surface area contributed by atoms with Crippen molar-refractivity contribution in [2.75, 3.05) is 71.0 Å². The first-order chi connectivity index (χ1) is 20.6. The summed E-state index contributed by atoms with van der Waals surface area (Å²) in [6.07, 6.45) is 5.71. The Morgan fingerprint density at radius 1 is 1.12 bits per heavy atom. The van der Waals surface area contributed by atoms with Crippen LogP contribution in [0.15, 0.2) is 21.5 Å². The summed E-state index contributed by atoms with van der Waals surface area (Å²) in [5, 5.41) is 6.39. The zero-order chi connectivity index (χ0) is 31.0. The second kappa shape index (κ2) is 15.9. The number of carbonyl (C=O) groups excluding carboxylic acids is 2. The van der Waals surface area contributed by atoms with E-state index in [-0.39, 0.29) is 12.5 Å². The number of rotatable bonds is 17. The van der Waals surface area contributed by atoms with Crippen LogP contribution in [0.4, 0.5) is 9.80 Å². The van der Waals surface area contributed by atoms with Crippen molar-refractivity contribution in [3.8, 4) is 10.6 Å². The van der Waals surface area contributed by atoms with Gasteiger partial charge in [-0.1, -0.05) is 49.9 Å². The van der Waals surface area contributed by atoms with Crippen molar-refractivity contribution < 1.29 is 28.2 Å². The molecule has 0 bridgehead atoms. The molecule has 14 heteroatoms. The number of amides is 2. The predicted molar refractivity (Wildman–Crippen MR) is 183 cm³/mol. The Hall–Kier alpha value is -1.87. The number of ether oxygens (including phenoxy) is 3. The fourth-order valence-electron chi connectivity index (χ4n) is 4.77. The normalized spacial score (nSPS) is 16.2. The number of carbonyl (C=O) groups is 2. The van der Waals surface area contributed by atoms with Crippen LogP contribution in [0, 0.1) is 0 Å². The first-order valence-electron chi connectivity index (χ1n) is 14.5. The first kappa shape index (κ1) is 34.0. The van der Waals surface area contributed by atoms with E-state index in [1.807, 2.05) is 7.05 Å². The molecule has 0 saturated carbocycles. The third kappa shape index (κ3) is 8.65. The van der Waals surface area contributed by atoms with E-state index in [0.717, 1.165) is 53.8 Å². The van der Waals surface area contributed by atoms with Gasteiger partial charge in [-0.2, -0.15) is 0 Å². The van der Waals surface area contributed by atoms with Crippen molar-refractivity contribution >= 4 is 92.8 Å². The SMILES string of the molecule is CN1C(=O)/C(=C\c2cc3c(o2)-c2sc(N(C)CCOC(=O)NCCOCCOCCCCCCCl)cc2[Si]3(C)C)SC1=S. The molecule has 1 saturated heterocycles. The molecule has 4 heterocycles. The van der Waals surface area contributed by atoms with E-state index >= 15 is 0 Å². The van der Waals surface area contributed by atoms with Crippen molar-refractivity contribution in [2.45, 2.75) is 38.8 Å². The zero-order valence-corrected chi connectivity index (χ0v) is 29.4. The van der Waals surface area contributed by atoms with Crippen LogP contribution >= 0.6 is 46.9 Å². The Labute approximate surface area is 273 Å². The van der Waals surface area contributed by atoms with Crippen LogP contribution in [0.25, 0.3) is 16.7 Å². The van der Waals surface area contributed by atoms with Crippen LogP contribution in [0.3, 0.4) is 0 Å². The molecule has 43 heavy (non-hydrogen) atoms. The number of alkyl halides is 1. The summed E-state index contributed by atoms with van der Waals surface area (Å²) in [4.78, 5) is 29.8. The molecular formula is C29H40ClN3O6S3Si. The fraction of sp³-hybridized carbons (Fsp3) is 0.552. The molecule has 4 rings (SSSR count). The highest BCUT2D eigenvalue weighted by molar-refractivity contribution is 8.26. The maximum Gasteiger partial charge on any atom is 0.407 e. The molecule has 0 aliphatic carbocycles. The lowest BCUT2D eigenvalue weighted by molar-refractivity contribution is -0.121. The standard InChI is InChI=1S/C29H40ClN3O6S3Si/c1-32(11-14-38-28(35)31-10-13-37-16-15-36-12-8-6-5-7-9-30)24-19-23-26(42-24)25-22(43(23,3)4)18-20(39-25)17-21-27(34)33(2)29(40)41-21/h17-19H,5-16H2,1-4H3,(H,31,35)/b21-17+. The van der Waals surface area contributed by atoms with E-state index in [4.69, 9.17) is 42.4 Å². The number of likely N-dealkylation sites (N-methyl/N-ethyl adjacent to an activating group) is 2. The van der Waals surface area contributed by atoms with E-state index in [2.05, 4.69) is 35.4 Å². The molecule has 9 nitrogen and oxygen atoms in total. The van der Waals surface area contributed by atoms with Crippen molar-refractivity contribution in [3.63, 3.8) is 0 Å². The molecule has 2 aliphatic rings. The van der Waals surface area contributed by atoms with Gasteiger partial charge in [0.25, 0.3) is 5.91 Å². The van der Waals surface area contributed by atoms with Crippen molar-refractivity contribution in [2.24, 2.45) is 0 Å². The summed E-state index contributed by atoms with van der Waals surface area (Å²) >= 11 is 13.9. The van der Waals surface area contributed by atoms with Gasteiger partial charge in [0.15, 0.2) is 0 Å². The second-order valence-electron chi connectivity index (χ2n) is 10.9. The van der Waals surface area contributed by atoms with Crippen LogP contribution in [0.1, 0.15) is 31.4 Å². The Morgan fingerprint density at radius 3 is 2.58 bits per heavy atom. The minimum absolute atomic E-state index is 0.102. The van der Waals surface area contributed by atoms with Gasteiger partial charge >= 0.3 is 6.09 Å². The molecule has 1 fully saturated rings. The van der Waals surface area contributed by atoms with E-state index in [1.165, 1.54) is 27.0 Å². The van der Waals surface area contributed by atoms with Crippen molar-refractivity contribution in [1.29, 1.82) is 0 Å². The average molecular weight is 686 g/mol. The summed E-state index contributed by atoms with van der Waals surface area (Å²) in [7, 11) is 1.72. The number of fused-ring (bicyclic) bond motifs is 3. The second-order valence-corrected chi connectivity index (χ2v) is 18.3. The van der Waals surface area contributed by atoms with E-state index in [0.29, 0.717) is 47.9 Å². The van der Waals surface area contributed by atoms with Gasteiger partial charge in [-0.15, -0.1) is 22.9 Å². The number of alkyl carbamates (subject to hydrolysis) is 1. The molecular weight excluding hydrogens is 646 g/mol. The van der Waals surface area contributed by atoms with Crippen molar-refractivity contribution in [1.82, 2.24) is 10.2 Å². The van der Waals surface area contributed by atoms with Crippen LogP contribution in [0.2, 0.25) is 13.1 Å². The van der Waals surface area contributed by atoms with Crippen LogP contribution < -0.4 is 20.6 Å². The topological polar surface area (TPSA) is 93.5 Å². The minimum atomic E-state index is -1.96. The maximum atomic E-state index is 12.4. The van der Waals surface area contributed by atoms with Gasteiger partial charge in [0.2, 0.25) is 0 Å². The molecule has 0 radical (unpaired) electrons. The largest absolute Gasteiger partial charge is 0.456 e. The number of hydrogen-bond donors (Lipinski definition) is 1. The third-order valence-corrected chi connectivity index (χ3v) is 14.0. The number of thiocarbonyl (C=S) groups is 1. The molecule has 2 aromatic heterocycles. The van der Waals surface area contributed by atoms with Crippen molar-refractivity contribution in [3.05, 3.63) is 22.8 Å². The highest BCUT2D eigenvalue weighted by Gasteiger charge is 2.43. The molecule has 0 aromatic carbocycles. The average Bonchev–Trinajstić information content (AvgIpc) is 3.70. The van der Waals surface area contributed by atoms with Gasteiger partial charge in [0.05, 0.1) is 41.1 Å². The van der Waals surface area contributed by atoms with Gasteiger partial charge < -0.3 is 28.8 Å². The molecule has 236 valence electrons. The third-order valence-electron chi connectivity index (χ3n) is 7.38. The maximum absolute atomic E-state index is 12.4. The molecule has 2 aromatic rings. The van der Waals surface area contributed by atoms with Gasteiger partial charge in [0.1, 0.15) is 30.5 Å². The first-order valence-corrected chi connectivity index (χ1v) is 20.0. The molecule has 0 atom stereocenters. The monoisotopic (exact) mass is 685 g/mol. The number of anilines is 1. The lowest BCUT2D eigenvalue weighted by atomic mass is 10.2.